The molecule has 1 fully saturated rings. The highest BCUT2D eigenvalue weighted by Crippen LogP contribution is 2.31. The molecule has 0 aromatic rings. The third-order valence-electron chi connectivity index (χ3n) is 10.3. The second kappa shape index (κ2) is 33.9. The Hall–Kier alpha value is -2.92. The van der Waals surface area contributed by atoms with Gasteiger partial charge in [0.05, 0.1) is 26.4 Å². The Balaban J connectivity index is 2.96. The van der Waals surface area contributed by atoms with E-state index in [1.165, 1.54) is 0 Å². The summed E-state index contributed by atoms with van der Waals surface area (Å²) < 4.78 is 44.3. The summed E-state index contributed by atoms with van der Waals surface area (Å²) >= 11 is 0. The topological polar surface area (TPSA) is 142 Å². The van der Waals surface area contributed by atoms with Gasteiger partial charge in [0.25, 0.3) is 0 Å². The predicted molar refractivity (Wildman–Crippen MR) is 226 cm³/mol. The fourth-order valence-corrected chi connectivity index (χ4v) is 6.85. The zero-order valence-electron chi connectivity index (χ0n) is 37.9. The maximum atomic E-state index is 12.9. The van der Waals surface area contributed by atoms with Gasteiger partial charge in [-0.05, 0) is 49.4 Å². The number of carbonyl (C=O) groups excluding carboxylic acids is 4. The van der Waals surface area contributed by atoms with Gasteiger partial charge in [-0.2, -0.15) is 0 Å². The zero-order chi connectivity index (χ0) is 43.0. The molecule has 1 rings (SSSR count). The Bertz CT molecular complexity index is 899. The quantitative estimate of drug-likeness (QED) is 0.0362. The van der Waals surface area contributed by atoms with Gasteiger partial charge >= 0.3 is 24.6 Å². The summed E-state index contributed by atoms with van der Waals surface area (Å²) in [4.78, 5) is 51.7. The molecule has 1 aliphatic carbocycles. The van der Waals surface area contributed by atoms with Crippen molar-refractivity contribution in [3.8, 4) is 0 Å². The average Bonchev–Trinajstić information content (AvgIpc) is 3.14. The van der Waals surface area contributed by atoms with Crippen LogP contribution in [0.3, 0.4) is 0 Å². The van der Waals surface area contributed by atoms with E-state index in [4.69, 9.17) is 37.9 Å². The highest BCUT2D eigenvalue weighted by Gasteiger charge is 2.46. The van der Waals surface area contributed by atoms with Crippen molar-refractivity contribution >= 4 is 24.6 Å². The van der Waals surface area contributed by atoms with Crippen molar-refractivity contribution < 1.29 is 57.1 Å². The minimum Gasteiger partial charge on any atom is -0.434 e. The Morgan fingerprint density at radius 1 is 0.328 bits per heavy atom. The van der Waals surface area contributed by atoms with Gasteiger partial charge in [-0.1, -0.05) is 158 Å². The molecule has 4 unspecified atom stereocenters. The third-order valence-corrected chi connectivity index (χ3v) is 10.3. The van der Waals surface area contributed by atoms with Crippen LogP contribution in [0.5, 0.6) is 0 Å². The first-order valence-electron chi connectivity index (χ1n) is 23.1. The lowest BCUT2D eigenvalue weighted by molar-refractivity contribution is -0.142. The second-order valence-corrected chi connectivity index (χ2v) is 17.9. The maximum Gasteiger partial charge on any atom is 0.508 e. The van der Waals surface area contributed by atoms with E-state index in [1.807, 2.05) is 0 Å². The highest BCUT2D eigenvalue weighted by molar-refractivity contribution is 5.63. The number of unbranched alkanes of at least 4 members (excludes halogenated alkanes) is 12. The second-order valence-electron chi connectivity index (χ2n) is 17.9. The van der Waals surface area contributed by atoms with E-state index in [0.29, 0.717) is 49.4 Å². The van der Waals surface area contributed by atoms with Crippen molar-refractivity contribution in [1.82, 2.24) is 0 Å². The average molecular weight is 829 g/mol. The summed E-state index contributed by atoms with van der Waals surface area (Å²) in [6.07, 6.45) is 11.4. The van der Waals surface area contributed by atoms with Crippen LogP contribution < -0.4 is 0 Å². The molecule has 58 heavy (non-hydrogen) atoms. The normalized spacial score (nSPS) is 18.0. The minimum absolute atomic E-state index is 0.143. The molecule has 0 aromatic heterocycles. The van der Waals surface area contributed by atoms with Crippen molar-refractivity contribution in [2.45, 2.75) is 221 Å². The molecule has 1 saturated carbocycles. The fourth-order valence-electron chi connectivity index (χ4n) is 6.85. The van der Waals surface area contributed by atoms with Crippen LogP contribution in [0, 0.1) is 23.7 Å². The molecule has 0 aromatic carbocycles. The standard InChI is InChI=1S/C46H84O12/c1-35(2)25-17-9-13-21-29-51-43(47)55-39-33-41(57-45(49)53-31-23-15-11-19-27-37(5)6)42(58-46(50)54-32-24-16-12-20-28-38(7)8)34-40(39)56-44(48)52-30-22-14-10-18-26-36(3)4/h35-42H,9-34H2,1-8H3. The third kappa shape index (κ3) is 30.2. The molecule has 0 amide bonds. The lowest BCUT2D eigenvalue weighted by atomic mass is 9.89. The summed E-state index contributed by atoms with van der Waals surface area (Å²) in [5.74, 6) is 2.60. The lowest BCUT2D eigenvalue weighted by Gasteiger charge is -2.38. The Morgan fingerprint density at radius 3 is 0.707 bits per heavy atom. The van der Waals surface area contributed by atoms with Crippen molar-refractivity contribution in [2.75, 3.05) is 26.4 Å². The van der Waals surface area contributed by atoms with Gasteiger partial charge in [-0.3, -0.25) is 0 Å². The number of rotatable bonds is 32. The van der Waals surface area contributed by atoms with Gasteiger partial charge in [-0.15, -0.1) is 0 Å². The summed E-state index contributed by atoms with van der Waals surface area (Å²) in [5.41, 5.74) is 0. The fraction of sp³-hybridized carbons (Fsp3) is 0.913. The van der Waals surface area contributed by atoms with Crippen LogP contribution >= 0.6 is 0 Å². The monoisotopic (exact) mass is 829 g/mol. The molecule has 340 valence electrons. The molecule has 0 bridgehead atoms. The van der Waals surface area contributed by atoms with Gasteiger partial charge in [0.15, 0.2) is 0 Å². The van der Waals surface area contributed by atoms with Gasteiger partial charge in [0, 0.05) is 12.8 Å². The Labute approximate surface area is 352 Å². The Kier molecular flexibility index (Phi) is 31.0. The summed E-state index contributed by atoms with van der Waals surface area (Å²) in [6.45, 7) is 18.3. The molecule has 0 N–H and O–H groups in total. The number of ether oxygens (including phenoxy) is 8. The first-order chi connectivity index (χ1) is 27.8. The molecule has 12 nitrogen and oxygen atoms in total. The number of hydrogen-bond acceptors (Lipinski definition) is 12. The summed E-state index contributed by atoms with van der Waals surface area (Å²) in [5, 5.41) is 0. The van der Waals surface area contributed by atoms with E-state index in [9.17, 15) is 19.2 Å². The molecule has 0 spiro atoms. The van der Waals surface area contributed by atoms with E-state index in [-0.39, 0.29) is 39.3 Å². The van der Waals surface area contributed by atoms with Crippen molar-refractivity contribution in [3.63, 3.8) is 0 Å². The van der Waals surface area contributed by atoms with E-state index in [0.717, 1.165) is 103 Å². The van der Waals surface area contributed by atoms with Gasteiger partial charge in [0.2, 0.25) is 0 Å². The molecular formula is C46H84O12. The molecule has 0 aliphatic heterocycles. The van der Waals surface area contributed by atoms with E-state index in [1.54, 1.807) is 0 Å². The van der Waals surface area contributed by atoms with Crippen LogP contribution in [0.2, 0.25) is 0 Å². The van der Waals surface area contributed by atoms with Gasteiger partial charge in [0.1, 0.15) is 24.4 Å². The SMILES string of the molecule is CC(C)CCCCCCOC(=O)OC1CC(OC(=O)OCCCCCCC(C)C)C(OC(=O)OCCCCCCC(C)C)CC1OC(=O)OCCCCCCC(C)C. The highest BCUT2D eigenvalue weighted by atomic mass is 16.8. The van der Waals surface area contributed by atoms with Crippen molar-refractivity contribution in [3.05, 3.63) is 0 Å². The largest absolute Gasteiger partial charge is 0.508 e. The number of hydrogen-bond donors (Lipinski definition) is 0. The van der Waals surface area contributed by atoms with Crippen LogP contribution in [0.15, 0.2) is 0 Å². The molecular weight excluding hydrogens is 744 g/mol. The van der Waals surface area contributed by atoms with Crippen molar-refractivity contribution in [2.24, 2.45) is 23.7 Å². The van der Waals surface area contributed by atoms with Gasteiger partial charge < -0.3 is 37.9 Å². The zero-order valence-corrected chi connectivity index (χ0v) is 37.9. The molecule has 0 radical (unpaired) electrons. The molecule has 12 heteroatoms. The smallest absolute Gasteiger partial charge is 0.434 e. The maximum absolute atomic E-state index is 12.9. The van der Waals surface area contributed by atoms with Crippen LogP contribution in [0.25, 0.3) is 0 Å². The van der Waals surface area contributed by atoms with Crippen LogP contribution in [0.1, 0.15) is 197 Å². The van der Waals surface area contributed by atoms with Crippen LogP contribution in [-0.2, 0) is 37.9 Å². The van der Waals surface area contributed by atoms with Crippen molar-refractivity contribution in [1.29, 1.82) is 0 Å². The first kappa shape index (κ1) is 53.1. The molecule has 0 saturated heterocycles. The molecule has 1 aliphatic rings. The first-order valence-corrected chi connectivity index (χ1v) is 23.1. The Morgan fingerprint density at radius 2 is 0.517 bits per heavy atom. The summed E-state index contributed by atoms with van der Waals surface area (Å²) in [6, 6.07) is 0. The summed E-state index contributed by atoms with van der Waals surface area (Å²) in [7, 11) is 0. The van der Waals surface area contributed by atoms with Crippen LogP contribution in [-0.4, -0.2) is 75.5 Å². The van der Waals surface area contributed by atoms with E-state index >= 15 is 0 Å². The predicted octanol–water partition coefficient (Wildman–Crippen LogP) is 13.3. The van der Waals surface area contributed by atoms with E-state index < -0.39 is 49.0 Å². The molecule has 0 heterocycles. The molecule has 4 atom stereocenters. The lowest BCUT2D eigenvalue weighted by Crippen LogP contribution is -2.51. The number of carbonyl (C=O) groups is 4. The minimum atomic E-state index is -1.08. The van der Waals surface area contributed by atoms with Crippen LogP contribution in [0.4, 0.5) is 19.2 Å². The van der Waals surface area contributed by atoms with Gasteiger partial charge in [-0.25, -0.2) is 19.2 Å². The van der Waals surface area contributed by atoms with E-state index in [2.05, 4.69) is 55.4 Å².